The van der Waals surface area contributed by atoms with Crippen LogP contribution in [-0.2, 0) is 11.2 Å². The zero-order valence-corrected chi connectivity index (χ0v) is 11.0. The molecule has 1 N–H and O–H groups in total. The van der Waals surface area contributed by atoms with Gasteiger partial charge in [0.2, 0.25) is 0 Å². The quantitative estimate of drug-likeness (QED) is 0.887. The molecule has 0 bridgehead atoms. The largest absolute Gasteiger partial charge is 0.481 e. The number of aryl methyl sites for hydroxylation is 1. The first-order valence-corrected chi connectivity index (χ1v) is 6.23. The predicted octanol–water partition coefficient (Wildman–Crippen LogP) is 3.85. The summed E-state index contributed by atoms with van der Waals surface area (Å²) in [6, 6.07) is 10.3. The monoisotopic (exact) mass is 242 g/mol. The molecule has 0 spiro atoms. The van der Waals surface area contributed by atoms with E-state index in [0.29, 0.717) is 5.92 Å². The van der Waals surface area contributed by atoms with E-state index in [1.165, 1.54) is 16.7 Å². The normalized spacial score (nSPS) is 11.1. The molecule has 0 radical (unpaired) electrons. The predicted molar refractivity (Wildman–Crippen MR) is 73.2 cm³/mol. The van der Waals surface area contributed by atoms with Crippen molar-refractivity contribution >= 4 is 5.97 Å². The van der Waals surface area contributed by atoms with Crippen molar-refractivity contribution in [1.82, 2.24) is 0 Å². The minimum Gasteiger partial charge on any atom is -0.481 e. The molecule has 0 saturated carbocycles. The van der Waals surface area contributed by atoms with Gasteiger partial charge in [0.1, 0.15) is 0 Å². The molecule has 0 aromatic rings. The summed E-state index contributed by atoms with van der Waals surface area (Å²) in [7, 11) is 0. The third-order valence-electron chi connectivity index (χ3n) is 3.36. The van der Waals surface area contributed by atoms with Crippen LogP contribution in [0.2, 0.25) is 0 Å². The maximum atomic E-state index is 10.9. The molecule has 0 fully saturated rings. The Morgan fingerprint density at radius 1 is 1.17 bits per heavy atom. The molecule has 0 aromatic heterocycles. The molecule has 2 aliphatic rings. The van der Waals surface area contributed by atoms with E-state index in [0.717, 1.165) is 11.1 Å². The molecule has 0 saturated heterocycles. The van der Waals surface area contributed by atoms with E-state index in [9.17, 15) is 4.79 Å². The Bertz CT molecular complexity index is 555. The summed E-state index contributed by atoms with van der Waals surface area (Å²) < 4.78 is 0. The highest BCUT2D eigenvalue weighted by Gasteiger charge is 2.13. The second kappa shape index (κ2) is 4.81. The molecular formula is C16H18O2. The first-order valence-electron chi connectivity index (χ1n) is 6.23. The van der Waals surface area contributed by atoms with Crippen LogP contribution < -0.4 is 0 Å². The zero-order chi connectivity index (χ0) is 13.3. The van der Waals surface area contributed by atoms with E-state index >= 15 is 0 Å². The van der Waals surface area contributed by atoms with Crippen LogP contribution in [0.4, 0.5) is 0 Å². The average Bonchev–Trinajstić information content (AvgIpc) is 2.53. The molecule has 94 valence electrons. The molecule has 0 amide bonds. The number of hydrogen-bond acceptors (Lipinski definition) is 1. The van der Waals surface area contributed by atoms with Crippen LogP contribution in [0.5, 0.6) is 0 Å². The fourth-order valence-corrected chi connectivity index (χ4v) is 2.25. The number of rotatable bonds is 3. The Labute approximate surface area is 108 Å². The lowest BCUT2D eigenvalue weighted by molar-refractivity contribution is -0.136. The van der Waals surface area contributed by atoms with E-state index in [1.807, 2.05) is 18.2 Å². The summed E-state index contributed by atoms with van der Waals surface area (Å²) in [6.45, 7) is 6.36. The van der Waals surface area contributed by atoms with Crippen LogP contribution in [0.15, 0.2) is 30.3 Å². The van der Waals surface area contributed by atoms with Gasteiger partial charge in [0.15, 0.2) is 0 Å². The second-order valence-electron chi connectivity index (χ2n) is 5.07. The molecule has 0 aromatic carbocycles. The van der Waals surface area contributed by atoms with Gasteiger partial charge in [-0.2, -0.15) is 0 Å². The van der Waals surface area contributed by atoms with Crippen LogP contribution in [0.25, 0.3) is 11.1 Å². The molecule has 18 heavy (non-hydrogen) atoms. The highest BCUT2D eigenvalue weighted by molar-refractivity contribution is 5.79. The van der Waals surface area contributed by atoms with Crippen LogP contribution in [-0.4, -0.2) is 11.1 Å². The minimum atomic E-state index is -0.785. The summed E-state index contributed by atoms with van der Waals surface area (Å²) in [4.78, 5) is 10.9. The van der Waals surface area contributed by atoms with E-state index in [2.05, 4.69) is 32.9 Å². The van der Waals surface area contributed by atoms with Crippen molar-refractivity contribution in [1.29, 1.82) is 0 Å². The van der Waals surface area contributed by atoms with Crippen LogP contribution in [0.3, 0.4) is 0 Å². The van der Waals surface area contributed by atoms with Gasteiger partial charge in [-0.1, -0.05) is 44.2 Å². The molecule has 2 heteroatoms. The summed E-state index contributed by atoms with van der Waals surface area (Å²) >= 11 is 0. The maximum Gasteiger partial charge on any atom is 0.307 e. The lowest BCUT2D eigenvalue weighted by atomic mass is 10.0. The fourth-order valence-electron chi connectivity index (χ4n) is 2.25. The number of fused-ring (bicyclic) bond motifs is 1. The first kappa shape index (κ1) is 12.6. The van der Waals surface area contributed by atoms with Gasteiger partial charge in [0.05, 0.1) is 6.42 Å². The smallest absolute Gasteiger partial charge is 0.307 e. The summed E-state index contributed by atoms with van der Waals surface area (Å²) in [5, 5.41) is 8.99. The summed E-state index contributed by atoms with van der Waals surface area (Å²) in [6.07, 6.45) is 0.0756. The Kier molecular flexibility index (Phi) is 3.37. The number of carboxylic acid groups (broad SMARTS) is 1. The summed E-state index contributed by atoms with van der Waals surface area (Å²) in [5.41, 5.74) is 5.56. The lowest BCUT2D eigenvalue weighted by Gasteiger charge is -2.03. The van der Waals surface area contributed by atoms with Crippen LogP contribution in [0.1, 0.15) is 36.5 Å². The number of carboxylic acids is 1. The van der Waals surface area contributed by atoms with Crippen LogP contribution in [0, 0.1) is 6.92 Å². The van der Waals surface area contributed by atoms with E-state index < -0.39 is 5.97 Å². The Morgan fingerprint density at radius 2 is 1.89 bits per heavy atom. The highest BCUT2D eigenvalue weighted by Crippen LogP contribution is 2.32. The van der Waals surface area contributed by atoms with Crippen molar-refractivity contribution in [2.24, 2.45) is 0 Å². The average molecular weight is 242 g/mol. The van der Waals surface area contributed by atoms with Crippen molar-refractivity contribution in [3.63, 3.8) is 0 Å². The van der Waals surface area contributed by atoms with E-state index in [-0.39, 0.29) is 6.42 Å². The Balaban J connectivity index is 2.63. The van der Waals surface area contributed by atoms with Gasteiger partial charge in [-0.15, -0.1) is 0 Å². The van der Waals surface area contributed by atoms with Crippen molar-refractivity contribution in [2.75, 3.05) is 0 Å². The molecular weight excluding hydrogens is 224 g/mol. The summed E-state index contributed by atoms with van der Waals surface area (Å²) in [5.74, 6) is -0.347. The topological polar surface area (TPSA) is 37.3 Å². The maximum absolute atomic E-state index is 10.9. The zero-order valence-electron chi connectivity index (χ0n) is 11.0. The number of aliphatic carboxylic acids is 1. The molecule has 0 aliphatic heterocycles. The van der Waals surface area contributed by atoms with Crippen molar-refractivity contribution in [3.8, 4) is 11.1 Å². The standard InChI is InChI=1S/C16H18O2/c1-10(2)12-5-6-13(9-16(17)18)14-7-4-11(3)15(14)8-12/h4-8,10H,9H2,1-3H3,(H,17,18). The van der Waals surface area contributed by atoms with Gasteiger partial charge < -0.3 is 5.11 Å². The third kappa shape index (κ3) is 2.37. The first-order chi connectivity index (χ1) is 8.49. The Morgan fingerprint density at radius 3 is 2.50 bits per heavy atom. The molecule has 0 atom stereocenters. The second-order valence-corrected chi connectivity index (χ2v) is 5.07. The van der Waals surface area contributed by atoms with E-state index in [1.54, 1.807) is 0 Å². The highest BCUT2D eigenvalue weighted by atomic mass is 16.4. The lowest BCUT2D eigenvalue weighted by Crippen LogP contribution is -2.00. The Hall–Kier alpha value is -1.83. The van der Waals surface area contributed by atoms with Gasteiger partial charge in [0.25, 0.3) is 0 Å². The molecule has 2 aliphatic carbocycles. The van der Waals surface area contributed by atoms with Gasteiger partial charge >= 0.3 is 5.97 Å². The minimum absolute atomic E-state index is 0.0756. The molecule has 2 rings (SSSR count). The fraction of sp³-hybridized carbons (Fsp3) is 0.312. The molecule has 0 unspecified atom stereocenters. The van der Waals surface area contributed by atoms with Gasteiger partial charge in [-0.3, -0.25) is 4.79 Å². The number of carbonyl (C=O) groups is 1. The van der Waals surface area contributed by atoms with E-state index in [4.69, 9.17) is 5.11 Å². The third-order valence-corrected chi connectivity index (χ3v) is 3.36. The SMILES string of the molecule is Cc1ccc2c(CC(=O)O)ccc(C(C)C)cc1-2. The van der Waals surface area contributed by atoms with Crippen molar-refractivity contribution < 1.29 is 9.90 Å². The molecule has 2 nitrogen and oxygen atoms in total. The van der Waals surface area contributed by atoms with Crippen molar-refractivity contribution in [2.45, 2.75) is 33.1 Å². The van der Waals surface area contributed by atoms with Crippen LogP contribution >= 0.6 is 0 Å². The molecule has 0 heterocycles. The van der Waals surface area contributed by atoms with Gasteiger partial charge in [-0.25, -0.2) is 0 Å². The van der Waals surface area contributed by atoms with Gasteiger partial charge in [0, 0.05) is 0 Å². The number of hydrogen-bond donors (Lipinski definition) is 1. The van der Waals surface area contributed by atoms with Gasteiger partial charge in [-0.05, 0) is 40.7 Å². The van der Waals surface area contributed by atoms with Crippen molar-refractivity contribution in [3.05, 3.63) is 47.0 Å².